The summed E-state index contributed by atoms with van der Waals surface area (Å²) >= 11 is 1.41. The molecule has 0 saturated heterocycles. The highest BCUT2D eigenvalue weighted by atomic mass is 32.2. The maximum absolute atomic E-state index is 12.7. The van der Waals surface area contributed by atoms with Crippen LogP contribution in [0.5, 0.6) is 0 Å². The van der Waals surface area contributed by atoms with Crippen LogP contribution in [0.15, 0.2) is 48.5 Å². The van der Waals surface area contributed by atoms with Crippen molar-refractivity contribution in [3.05, 3.63) is 65.2 Å². The molecular weight excluding hydrogens is 308 g/mol. The molecule has 0 radical (unpaired) electrons. The van der Waals surface area contributed by atoms with E-state index >= 15 is 0 Å². The fourth-order valence-electron chi connectivity index (χ4n) is 2.35. The second kappa shape index (κ2) is 7.33. The first-order chi connectivity index (χ1) is 11.0. The Morgan fingerprint density at radius 3 is 2.26 bits per heavy atom. The van der Waals surface area contributed by atoms with Crippen LogP contribution in [-0.2, 0) is 4.79 Å². The molecule has 5 heteroatoms. The number of carbonyl (C=O) groups is 2. The second-order valence-corrected chi connectivity index (χ2v) is 6.29. The molecule has 0 spiro atoms. The number of nitrogens with two attached hydrogens (primary N) is 1. The van der Waals surface area contributed by atoms with Gasteiger partial charge in [0.25, 0.3) is 0 Å². The number of hydrogen-bond acceptors (Lipinski definition) is 4. The van der Waals surface area contributed by atoms with Crippen molar-refractivity contribution in [2.75, 3.05) is 26.1 Å². The van der Waals surface area contributed by atoms with Gasteiger partial charge in [0.1, 0.15) is 5.25 Å². The van der Waals surface area contributed by atoms with Gasteiger partial charge in [-0.1, -0.05) is 42.5 Å². The Bertz CT molecular complexity index is 714. The second-order valence-electron chi connectivity index (χ2n) is 5.35. The number of carbonyl (C=O) groups excluding carboxylic acids is 2. The Kier molecular flexibility index (Phi) is 5.45. The number of thioether (sulfide) groups is 1. The topological polar surface area (TPSA) is 63.4 Å². The number of likely N-dealkylation sites (N-methyl/N-ethyl adjacent to an activating group) is 1. The molecule has 0 aliphatic carbocycles. The van der Waals surface area contributed by atoms with Crippen LogP contribution < -0.4 is 5.73 Å². The molecule has 1 amide bonds. The zero-order valence-electron chi connectivity index (χ0n) is 13.4. The molecule has 0 heterocycles. The predicted octanol–water partition coefficient (Wildman–Crippen LogP) is 2.99. The molecule has 0 fully saturated rings. The minimum atomic E-state index is -0.423. The number of benzene rings is 2. The molecule has 4 nitrogen and oxygen atoms in total. The number of nitrogen functional groups attached to an aromatic ring is 1. The van der Waals surface area contributed by atoms with Gasteiger partial charge in [0.05, 0.1) is 0 Å². The van der Waals surface area contributed by atoms with Gasteiger partial charge in [0, 0.05) is 30.9 Å². The average molecular weight is 328 g/mol. The van der Waals surface area contributed by atoms with Gasteiger partial charge >= 0.3 is 0 Å². The number of nitrogens with zero attached hydrogens (tertiary/aromatic N) is 1. The van der Waals surface area contributed by atoms with Crippen molar-refractivity contribution in [1.82, 2.24) is 4.90 Å². The zero-order chi connectivity index (χ0) is 17.0. The SMILES string of the molecule is CSC(C(=O)N(C)C)c1cccc(C(=O)c2ccccc2)c1N. The molecule has 0 bridgehead atoms. The lowest BCUT2D eigenvalue weighted by molar-refractivity contribution is -0.128. The summed E-state index contributed by atoms with van der Waals surface area (Å²) in [6.45, 7) is 0. The highest BCUT2D eigenvalue weighted by Gasteiger charge is 2.25. The lowest BCUT2D eigenvalue weighted by atomic mass is 9.97. The van der Waals surface area contributed by atoms with Crippen molar-refractivity contribution in [2.45, 2.75) is 5.25 Å². The molecule has 23 heavy (non-hydrogen) atoms. The quantitative estimate of drug-likeness (QED) is 0.677. The van der Waals surface area contributed by atoms with Gasteiger partial charge in [0.15, 0.2) is 5.78 Å². The van der Waals surface area contributed by atoms with E-state index in [0.29, 0.717) is 22.4 Å². The van der Waals surface area contributed by atoms with E-state index in [1.165, 1.54) is 16.7 Å². The van der Waals surface area contributed by atoms with Gasteiger partial charge < -0.3 is 10.6 Å². The van der Waals surface area contributed by atoms with Crippen molar-refractivity contribution < 1.29 is 9.59 Å². The number of para-hydroxylation sites is 1. The van der Waals surface area contributed by atoms with E-state index in [1.807, 2.05) is 24.5 Å². The van der Waals surface area contributed by atoms with Crippen molar-refractivity contribution in [2.24, 2.45) is 0 Å². The van der Waals surface area contributed by atoms with Crippen LogP contribution in [0.3, 0.4) is 0 Å². The highest BCUT2D eigenvalue weighted by molar-refractivity contribution is 7.99. The zero-order valence-corrected chi connectivity index (χ0v) is 14.3. The summed E-state index contributed by atoms with van der Waals surface area (Å²) < 4.78 is 0. The third-order valence-electron chi connectivity index (χ3n) is 3.60. The summed E-state index contributed by atoms with van der Waals surface area (Å²) in [6, 6.07) is 14.3. The van der Waals surface area contributed by atoms with Crippen molar-refractivity contribution >= 4 is 29.1 Å². The van der Waals surface area contributed by atoms with Crippen LogP contribution in [0.4, 0.5) is 5.69 Å². The molecule has 2 aromatic rings. The number of ketones is 1. The Labute approximate surface area is 140 Å². The monoisotopic (exact) mass is 328 g/mol. The summed E-state index contributed by atoms with van der Waals surface area (Å²) in [5.74, 6) is -0.185. The number of anilines is 1. The minimum absolute atomic E-state index is 0.0477. The van der Waals surface area contributed by atoms with Crippen LogP contribution in [0.25, 0.3) is 0 Å². The molecule has 0 saturated carbocycles. The maximum Gasteiger partial charge on any atom is 0.239 e. The van der Waals surface area contributed by atoms with Crippen LogP contribution in [0, 0.1) is 0 Å². The molecule has 2 rings (SSSR count). The number of hydrogen-bond donors (Lipinski definition) is 1. The first-order valence-electron chi connectivity index (χ1n) is 7.19. The standard InChI is InChI=1S/C18H20N2O2S/c1-20(2)18(22)17(23-3)14-11-7-10-13(15(14)19)16(21)12-8-5-4-6-9-12/h4-11,17H,19H2,1-3H3. The maximum atomic E-state index is 12.7. The predicted molar refractivity (Wildman–Crippen MR) is 95.7 cm³/mol. The smallest absolute Gasteiger partial charge is 0.239 e. The first kappa shape index (κ1) is 17.1. The van der Waals surface area contributed by atoms with Gasteiger partial charge in [-0.25, -0.2) is 0 Å². The molecule has 120 valence electrons. The van der Waals surface area contributed by atoms with Crippen molar-refractivity contribution in [1.29, 1.82) is 0 Å². The normalized spacial score (nSPS) is 11.8. The summed E-state index contributed by atoms with van der Waals surface area (Å²) in [5.41, 5.74) is 8.29. The Morgan fingerprint density at radius 2 is 1.70 bits per heavy atom. The summed E-state index contributed by atoms with van der Waals surface area (Å²) in [6.07, 6.45) is 1.86. The molecule has 1 unspecified atom stereocenters. The fourth-order valence-corrected chi connectivity index (χ4v) is 3.22. The molecule has 1 atom stereocenters. The lowest BCUT2D eigenvalue weighted by Crippen LogP contribution is -2.27. The number of rotatable bonds is 5. The van der Waals surface area contributed by atoms with E-state index in [4.69, 9.17) is 5.73 Å². The first-order valence-corrected chi connectivity index (χ1v) is 8.48. The molecule has 2 N–H and O–H groups in total. The third-order valence-corrected chi connectivity index (χ3v) is 4.53. The Balaban J connectivity index is 2.46. The van der Waals surface area contributed by atoms with Crippen LogP contribution in [0.1, 0.15) is 26.7 Å². The third kappa shape index (κ3) is 3.56. The Hall–Kier alpha value is -2.27. The molecular formula is C18H20N2O2S. The van der Waals surface area contributed by atoms with E-state index in [1.54, 1.807) is 44.4 Å². The van der Waals surface area contributed by atoms with E-state index in [9.17, 15) is 9.59 Å². The van der Waals surface area contributed by atoms with Crippen molar-refractivity contribution in [3.8, 4) is 0 Å². The van der Waals surface area contributed by atoms with E-state index in [-0.39, 0.29) is 11.7 Å². The van der Waals surface area contributed by atoms with E-state index in [0.717, 1.165) is 0 Å². The summed E-state index contributed by atoms with van der Waals surface area (Å²) in [7, 11) is 3.42. The molecule has 0 aliphatic heterocycles. The Morgan fingerprint density at radius 1 is 1.04 bits per heavy atom. The number of amides is 1. The minimum Gasteiger partial charge on any atom is -0.398 e. The largest absolute Gasteiger partial charge is 0.398 e. The van der Waals surface area contributed by atoms with Crippen LogP contribution >= 0.6 is 11.8 Å². The van der Waals surface area contributed by atoms with Crippen LogP contribution in [0.2, 0.25) is 0 Å². The lowest BCUT2D eigenvalue weighted by Gasteiger charge is -2.21. The van der Waals surface area contributed by atoms with E-state index < -0.39 is 5.25 Å². The summed E-state index contributed by atoms with van der Waals surface area (Å²) in [5, 5.41) is -0.423. The average Bonchev–Trinajstić information content (AvgIpc) is 2.57. The van der Waals surface area contributed by atoms with Crippen molar-refractivity contribution in [3.63, 3.8) is 0 Å². The highest BCUT2D eigenvalue weighted by Crippen LogP contribution is 2.34. The molecule has 0 aliphatic rings. The van der Waals surface area contributed by atoms with Crippen LogP contribution in [-0.4, -0.2) is 36.9 Å². The van der Waals surface area contributed by atoms with Gasteiger partial charge in [-0.05, 0) is 17.9 Å². The molecule has 2 aromatic carbocycles. The molecule has 0 aromatic heterocycles. The van der Waals surface area contributed by atoms with E-state index in [2.05, 4.69) is 0 Å². The van der Waals surface area contributed by atoms with Gasteiger partial charge in [-0.3, -0.25) is 9.59 Å². The van der Waals surface area contributed by atoms with Gasteiger partial charge in [-0.2, -0.15) is 0 Å². The fraction of sp³-hybridized carbons (Fsp3) is 0.222. The van der Waals surface area contributed by atoms with Gasteiger partial charge in [0.2, 0.25) is 5.91 Å². The van der Waals surface area contributed by atoms with Gasteiger partial charge in [-0.15, -0.1) is 11.8 Å². The summed E-state index contributed by atoms with van der Waals surface area (Å²) in [4.78, 5) is 26.5.